The van der Waals surface area contributed by atoms with Crippen LogP contribution in [0, 0.1) is 0 Å². The van der Waals surface area contributed by atoms with Gasteiger partial charge in [-0.2, -0.15) is 0 Å². The summed E-state index contributed by atoms with van der Waals surface area (Å²) >= 11 is 0. The smallest absolute Gasteiger partial charge is 0.349 e. The number of sulfone groups is 1. The summed E-state index contributed by atoms with van der Waals surface area (Å²) in [5.74, 6) is -0.882. The molecule has 0 spiro atoms. The quantitative estimate of drug-likeness (QED) is 0.139. The van der Waals surface area contributed by atoms with E-state index in [9.17, 15) is 13.2 Å². The Morgan fingerprint density at radius 3 is 2.12 bits per heavy atom. The summed E-state index contributed by atoms with van der Waals surface area (Å²) in [5, 5.41) is 0. The van der Waals surface area contributed by atoms with Gasteiger partial charge in [-0.25, -0.2) is 13.2 Å². The molecular formula is C24H43NO5SSi3. The molecule has 0 aliphatic heterocycles. The van der Waals surface area contributed by atoms with E-state index in [1.165, 1.54) is 31.0 Å². The van der Waals surface area contributed by atoms with Gasteiger partial charge < -0.3 is 13.8 Å². The summed E-state index contributed by atoms with van der Waals surface area (Å²) in [6.45, 7) is 17.3. The molecular weight excluding hydrogens is 499 g/mol. The van der Waals surface area contributed by atoms with Crippen LogP contribution in [0.2, 0.25) is 57.5 Å². The molecule has 0 saturated carbocycles. The van der Waals surface area contributed by atoms with Crippen molar-refractivity contribution in [3.63, 3.8) is 0 Å². The highest BCUT2D eigenvalue weighted by Gasteiger charge is 2.38. The first kappa shape index (κ1) is 30.6. The van der Waals surface area contributed by atoms with Gasteiger partial charge in [-0.05, 0) is 74.8 Å². The van der Waals surface area contributed by atoms with Crippen LogP contribution < -0.4 is 0 Å². The number of benzene rings is 1. The van der Waals surface area contributed by atoms with Crippen molar-refractivity contribution in [1.82, 2.24) is 4.90 Å². The summed E-state index contributed by atoms with van der Waals surface area (Å²) in [6.07, 6.45) is 5.70. The summed E-state index contributed by atoms with van der Waals surface area (Å²) in [6, 6.07) is 9.00. The van der Waals surface area contributed by atoms with Gasteiger partial charge in [-0.3, -0.25) is 0 Å². The second kappa shape index (κ2) is 12.5. The van der Waals surface area contributed by atoms with Crippen molar-refractivity contribution < 1.29 is 22.1 Å². The van der Waals surface area contributed by atoms with E-state index in [2.05, 4.69) is 45.8 Å². The van der Waals surface area contributed by atoms with E-state index in [0.29, 0.717) is 0 Å². The molecule has 6 nitrogen and oxygen atoms in total. The van der Waals surface area contributed by atoms with E-state index in [-0.39, 0.29) is 9.80 Å². The first-order chi connectivity index (χ1) is 15.5. The number of hydrogen-bond acceptors (Lipinski definition) is 6. The Labute approximate surface area is 210 Å². The van der Waals surface area contributed by atoms with Crippen LogP contribution >= 0.6 is 0 Å². The Morgan fingerprint density at radius 2 is 1.62 bits per heavy atom. The van der Waals surface area contributed by atoms with E-state index in [1.54, 1.807) is 30.5 Å². The van der Waals surface area contributed by atoms with Gasteiger partial charge in [0.15, 0.2) is 21.5 Å². The number of esters is 1. The van der Waals surface area contributed by atoms with Gasteiger partial charge in [0.05, 0.1) is 12.0 Å². The molecule has 1 rings (SSSR count). The largest absolute Gasteiger partial charge is 0.465 e. The first-order valence-electron chi connectivity index (χ1n) is 11.7. The molecule has 1 aromatic rings. The molecule has 0 fully saturated rings. The van der Waals surface area contributed by atoms with Crippen molar-refractivity contribution in [3.8, 4) is 0 Å². The monoisotopic (exact) mass is 541 g/mol. The highest BCUT2D eigenvalue weighted by atomic mass is 32.2. The Hall–Kier alpha value is -1.47. The van der Waals surface area contributed by atoms with Crippen molar-refractivity contribution in [1.29, 1.82) is 0 Å². The molecule has 1 atom stereocenters. The molecule has 0 bridgehead atoms. The molecule has 0 amide bonds. The zero-order valence-electron chi connectivity index (χ0n) is 22.3. The lowest BCUT2D eigenvalue weighted by atomic mass is 10.4. The van der Waals surface area contributed by atoms with E-state index in [0.717, 1.165) is 19.0 Å². The predicted octanol–water partition coefficient (Wildman–Crippen LogP) is 5.66. The fourth-order valence-corrected chi connectivity index (χ4v) is 23.4. The fourth-order valence-electron chi connectivity index (χ4n) is 4.19. The molecule has 0 aliphatic carbocycles. The molecule has 0 radical (unpaired) electrons. The van der Waals surface area contributed by atoms with Gasteiger partial charge in [0.25, 0.3) is 0 Å². The lowest BCUT2D eigenvalue weighted by Crippen LogP contribution is -2.49. The average Bonchev–Trinajstić information content (AvgIpc) is 2.68. The number of methoxy groups -OCH3 is 1. The highest BCUT2D eigenvalue weighted by molar-refractivity contribution is 7.96. The van der Waals surface area contributed by atoms with E-state index in [1.807, 2.05) is 11.9 Å². The molecule has 10 heteroatoms. The summed E-state index contributed by atoms with van der Waals surface area (Å²) < 4.78 is 37.3. The van der Waals surface area contributed by atoms with Gasteiger partial charge in [-0.1, -0.05) is 37.8 Å². The van der Waals surface area contributed by atoms with Crippen LogP contribution in [0.1, 0.15) is 6.42 Å². The summed E-state index contributed by atoms with van der Waals surface area (Å²) in [5.41, 5.74) is 1.26. The third kappa shape index (κ3) is 10.9. The minimum Gasteiger partial charge on any atom is -0.465 e. The minimum absolute atomic E-state index is 0.0578. The molecule has 1 aromatic carbocycles. The van der Waals surface area contributed by atoms with Crippen molar-refractivity contribution in [3.05, 3.63) is 53.6 Å². The molecule has 0 aromatic heterocycles. The lowest BCUT2D eigenvalue weighted by Gasteiger charge is -2.38. The second-order valence-electron chi connectivity index (χ2n) is 11.2. The van der Waals surface area contributed by atoms with E-state index >= 15 is 0 Å². The van der Waals surface area contributed by atoms with Crippen molar-refractivity contribution in [2.24, 2.45) is 0 Å². The average molecular weight is 542 g/mol. The maximum absolute atomic E-state index is 12.9. The number of nitrogens with zero attached hydrogens (tertiary/aromatic N) is 1. The summed E-state index contributed by atoms with van der Waals surface area (Å²) in [7, 11) is -5.50. The van der Waals surface area contributed by atoms with Gasteiger partial charge in [0, 0.05) is 21.7 Å². The SMILES string of the molecule is COC(=O)/C(=C\C=C\N(C)CCC[Si](C)(C[Si](C)(C)C)O[Si](C)(C)C)S(=O)(=O)c1ccccc1. The Morgan fingerprint density at radius 1 is 1.03 bits per heavy atom. The Bertz CT molecular complexity index is 949. The van der Waals surface area contributed by atoms with Crippen molar-refractivity contribution >= 4 is 40.5 Å². The minimum atomic E-state index is -3.97. The van der Waals surface area contributed by atoms with Crippen molar-refractivity contribution in [2.45, 2.75) is 68.9 Å². The summed E-state index contributed by atoms with van der Waals surface area (Å²) in [4.78, 5) is 13.9. The highest BCUT2D eigenvalue weighted by Crippen LogP contribution is 2.29. The van der Waals surface area contributed by atoms with Gasteiger partial charge >= 0.3 is 5.97 Å². The maximum atomic E-state index is 12.9. The normalized spacial score (nSPS) is 15.3. The molecule has 0 saturated heterocycles. The van der Waals surface area contributed by atoms with Crippen molar-refractivity contribution in [2.75, 3.05) is 20.7 Å². The standard InChI is InChI=1S/C24H43NO5SSi3/c1-25(19-14-20-34(9,21-32(3,4)5)30-33(6,7)8)18-13-17-23(24(26)29-2)31(27,28)22-15-11-10-12-16-22/h10-13,15-18H,14,19-21H2,1-9H3/b18-13+,23-17+. The second-order valence-corrected chi connectivity index (χ2v) is 28.1. The molecule has 0 aliphatic rings. The third-order valence-corrected chi connectivity index (χ3v) is 19.8. The third-order valence-electron chi connectivity index (χ3n) is 4.99. The van der Waals surface area contributed by atoms with Gasteiger partial charge in [-0.15, -0.1) is 0 Å². The van der Waals surface area contributed by atoms with Crippen LogP contribution in [-0.2, 0) is 23.5 Å². The molecule has 34 heavy (non-hydrogen) atoms. The van der Waals surface area contributed by atoms with Crippen LogP contribution in [0.4, 0.5) is 0 Å². The lowest BCUT2D eigenvalue weighted by molar-refractivity contribution is -0.135. The number of rotatable bonds is 13. The van der Waals surface area contributed by atoms with E-state index in [4.69, 9.17) is 8.85 Å². The number of ether oxygens (including phenoxy) is 1. The predicted molar refractivity (Wildman–Crippen MR) is 149 cm³/mol. The molecule has 192 valence electrons. The first-order valence-corrected chi connectivity index (χ1v) is 23.1. The Kier molecular flexibility index (Phi) is 11.2. The number of carbonyl (C=O) groups is 1. The van der Waals surface area contributed by atoms with E-state index < -0.39 is 40.5 Å². The van der Waals surface area contributed by atoms with Crippen LogP contribution in [-0.4, -0.2) is 64.7 Å². The fraction of sp³-hybridized carbons (Fsp3) is 0.542. The van der Waals surface area contributed by atoms with Gasteiger partial charge in [0.2, 0.25) is 9.84 Å². The molecule has 1 unspecified atom stereocenters. The molecule has 0 N–H and O–H groups in total. The number of hydrogen-bond donors (Lipinski definition) is 0. The van der Waals surface area contributed by atoms with Crippen LogP contribution in [0.5, 0.6) is 0 Å². The topological polar surface area (TPSA) is 72.9 Å². The number of allylic oxidation sites excluding steroid dienone is 2. The van der Waals surface area contributed by atoms with Crippen LogP contribution in [0.25, 0.3) is 0 Å². The molecule has 0 heterocycles. The van der Waals surface area contributed by atoms with Gasteiger partial charge in [0.1, 0.15) is 0 Å². The Balaban J connectivity index is 2.90. The number of carbonyl (C=O) groups excluding carboxylic acids is 1. The zero-order valence-corrected chi connectivity index (χ0v) is 26.2. The maximum Gasteiger partial charge on any atom is 0.349 e. The van der Waals surface area contributed by atoms with Crippen LogP contribution in [0.15, 0.2) is 58.5 Å². The van der Waals surface area contributed by atoms with Crippen LogP contribution in [0.3, 0.4) is 0 Å². The zero-order chi connectivity index (χ0) is 26.2.